The summed E-state index contributed by atoms with van der Waals surface area (Å²) in [6, 6.07) is 14.1. The maximum atomic E-state index is 15.9. The fourth-order valence-corrected chi connectivity index (χ4v) is 11.1. The number of benzene rings is 2. The lowest BCUT2D eigenvalue weighted by Gasteiger charge is -2.25. The minimum atomic E-state index is -4.25. The number of imidazole rings is 2. The van der Waals surface area contributed by atoms with Gasteiger partial charge in [-0.1, -0.05) is 43.8 Å². The molecule has 420 valence electrons. The number of esters is 2. The van der Waals surface area contributed by atoms with Gasteiger partial charge in [-0.25, -0.2) is 37.8 Å². The van der Waals surface area contributed by atoms with Gasteiger partial charge in [0.25, 0.3) is 0 Å². The molecule has 6 heterocycles. The number of nitrogens with one attached hydrogen (secondary N) is 4. The summed E-state index contributed by atoms with van der Waals surface area (Å²) in [4.78, 5) is 49.2. The fraction of sp³-hybridized carbons (Fsp3) is 0.478. The number of rotatable bonds is 20. The largest absolute Gasteiger partial charge is 0.468 e. The molecule has 2 aliphatic heterocycles. The first-order valence-corrected chi connectivity index (χ1v) is 26.4. The molecule has 2 saturated heterocycles. The van der Waals surface area contributed by atoms with E-state index in [1.165, 1.54) is 68.9 Å². The Labute approximate surface area is 441 Å². The Morgan fingerprint density at radius 2 is 1.10 bits per heavy atom. The summed E-state index contributed by atoms with van der Waals surface area (Å²) >= 11 is 0. The lowest BCUT2D eigenvalue weighted by Crippen LogP contribution is -2.41. The van der Waals surface area contributed by atoms with Crippen molar-refractivity contribution in [3.05, 3.63) is 79.1 Å². The summed E-state index contributed by atoms with van der Waals surface area (Å²) in [7, 11) is -2.84. The van der Waals surface area contributed by atoms with Crippen molar-refractivity contribution in [3.8, 4) is 11.5 Å². The summed E-state index contributed by atoms with van der Waals surface area (Å²) in [6.45, 7) is 5.73. The van der Waals surface area contributed by atoms with Crippen LogP contribution < -0.4 is 35.6 Å². The van der Waals surface area contributed by atoms with E-state index in [4.69, 9.17) is 33.3 Å². The fourth-order valence-electron chi connectivity index (χ4n) is 8.05. The van der Waals surface area contributed by atoms with E-state index in [0.717, 1.165) is 6.92 Å². The van der Waals surface area contributed by atoms with Crippen molar-refractivity contribution < 1.29 is 74.8 Å². The number of carbonyl (C=O) groups excluding carboxylic acids is 2. The van der Waals surface area contributed by atoms with Crippen LogP contribution in [0.1, 0.15) is 53.4 Å². The van der Waals surface area contributed by atoms with Gasteiger partial charge < -0.3 is 54.6 Å². The second-order valence-electron chi connectivity index (χ2n) is 17.6. The number of nitrogen functional groups attached to an aromatic ring is 1. The van der Waals surface area contributed by atoms with Crippen molar-refractivity contribution in [2.24, 2.45) is 0 Å². The van der Waals surface area contributed by atoms with Crippen LogP contribution in [0.3, 0.4) is 0 Å². The number of methoxy groups -OCH3 is 2. The quantitative estimate of drug-likeness (QED) is 0.0393. The molecule has 31 heteroatoms. The Morgan fingerprint density at radius 1 is 0.714 bits per heavy atom. The molecule has 0 unspecified atom stereocenters. The van der Waals surface area contributed by atoms with E-state index in [2.05, 4.69) is 60.2 Å². The highest BCUT2D eigenvalue weighted by molar-refractivity contribution is 7.52. The number of halogens is 2. The number of hydrogen-bond donors (Lipinski definition) is 7. The van der Waals surface area contributed by atoms with Gasteiger partial charge in [0.05, 0.1) is 40.1 Å². The number of aryl methyl sites for hydroxylation is 1. The number of aliphatic hydroxyl groups is 2. The van der Waals surface area contributed by atoms with Gasteiger partial charge in [-0.3, -0.25) is 27.8 Å². The van der Waals surface area contributed by atoms with Crippen LogP contribution >= 0.6 is 15.5 Å². The Balaban J connectivity index is 0.000000246. The zero-order valence-electron chi connectivity index (χ0n) is 42.6. The Morgan fingerprint density at radius 3 is 1.49 bits per heavy atom. The number of fused-ring (bicyclic) bond motifs is 2. The van der Waals surface area contributed by atoms with Gasteiger partial charge in [0.15, 0.2) is 57.8 Å². The van der Waals surface area contributed by atoms with E-state index in [1.54, 1.807) is 69.6 Å². The van der Waals surface area contributed by atoms with E-state index in [0.29, 0.717) is 34.1 Å². The third-order valence-electron chi connectivity index (χ3n) is 12.0. The van der Waals surface area contributed by atoms with Crippen LogP contribution in [0.5, 0.6) is 11.5 Å². The first-order valence-electron chi connectivity index (χ1n) is 23.3. The Kier molecular flexibility index (Phi) is 18.9. The minimum absolute atomic E-state index is 0. The van der Waals surface area contributed by atoms with Crippen molar-refractivity contribution in [2.75, 3.05) is 57.9 Å². The SMILES string of the molecule is C.CNc1nc(C)nc2c1ncn2[C@@H]1O[C@H](CO[P@@](=O)(N[C@@H](C)C(=O)OC)Oc2ccccc2)[C@@H](O)[C@@]1(C)F.CNc1nc(N)nc2c1ncn2[C@@H]1O[C@H](CO[P@](=O)(N[C@@H](C)C(=O)OC)Oc2ccccc2)[C@@H](O)[C@@]1(C)F. The molecule has 0 aliphatic carbocycles. The predicted octanol–water partition coefficient (Wildman–Crippen LogP) is 4.95. The highest BCUT2D eigenvalue weighted by atomic mass is 31.2. The molecule has 77 heavy (non-hydrogen) atoms. The Hall–Kier alpha value is -6.52. The molecular weight excluding hydrogens is 1060 g/mol. The zero-order chi connectivity index (χ0) is 55.3. The normalized spacial score (nSPS) is 25.3. The number of aliphatic hydroxyl groups excluding tert-OH is 2. The van der Waals surface area contributed by atoms with Gasteiger partial charge in [0, 0.05) is 14.1 Å². The number of nitrogens with zero attached hydrogens (tertiary/aromatic N) is 8. The summed E-state index contributed by atoms with van der Waals surface area (Å²) in [5.41, 5.74) is 2.32. The number of aromatic nitrogens is 8. The lowest BCUT2D eigenvalue weighted by atomic mass is 9.98. The molecule has 2 fully saturated rings. The van der Waals surface area contributed by atoms with Crippen molar-refractivity contribution in [1.82, 2.24) is 49.2 Å². The topological polar surface area (TPSA) is 344 Å². The average molecular weight is 1120 g/mol. The van der Waals surface area contributed by atoms with E-state index in [9.17, 15) is 28.9 Å². The number of nitrogens with two attached hydrogens (primary N) is 1. The van der Waals surface area contributed by atoms with Crippen LogP contribution in [-0.4, -0.2) is 151 Å². The molecule has 8 rings (SSSR count). The predicted molar refractivity (Wildman–Crippen MR) is 275 cm³/mol. The summed E-state index contributed by atoms with van der Waals surface area (Å²) < 4.78 is 105. The molecule has 6 aromatic rings. The number of carbonyl (C=O) groups is 2. The number of alkyl halides is 2. The van der Waals surface area contributed by atoms with E-state index < -0.39 is 101 Å². The molecular formula is C46H63F2N13O14P2. The molecule has 0 radical (unpaired) electrons. The van der Waals surface area contributed by atoms with Crippen LogP contribution in [0.25, 0.3) is 22.3 Å². The van der Waals surface area contributed by atoms with E-state index in [-0.39, 0.29) is 30.5 Å². The van der Waals surface area contributed by atoms with Crippen molar-refractivity contribution in [2.45, 2.75) is 102 Å². The highest BCUT2D eigenvalue weighted by Crippen LogP contribution is 2.50. The second kappa shape index (κ2) is 24.4. The summed E-state index contributed by atoms with van der Waals surface area (Å²) in [5.74, 6) is 0.0908. The van der Waals surface area contributed by atoms with E-state index >= 15 is 8.78 Å². The maximum Gasteiger partial charge on any atom is 0.459 e. The van der Waals surface area contributed by atoms with Gasteiger partial charge in [-0.2, -0.15) is 20.1 Å². The minimum Gasteiger partial charge on any atom is -0.468 e. The third kappa shape index (κ3) is 13.1. The van der Waals surface area contributed by atoms with Crippen molar-refractivity contribution in [1.29, 1.82) is 0 Å². The molecule has 27 nitrogen and oxygen atoms in total. The number of hydrogen-bond acceptors (Lipinski definition) is 23. The Bertz CT molecular complexity index is 2890. The molecule has 0 spiro atoms. The molecule has 2 aliphatic rings. The lowest BCUT2D eigenvalue weighted by molar-refractivity contribution is -0.143. The summed E-state index contributed by atoms with van der Waals surface area (Å²) in [6.07, 6.45) is -6.04. The van der Waals surface area contributed by atoms with Gasteiger partial charge in [0.1, 0.15) is 53.8 Å². The second-order valence-corrected chi connectivity index (χ2v) is 21.0. The number of para-hydroxylation sites is 2. The average Bonchev–Trinajstić information content (AvgIpc) is 4.13. The van der Waals surface area contributed by atoms with Gasteiger partial charge >= 0.3 is 27.4 Å². The third-order valence-corrected chi connectivity index (χ3v) is 15.2. The first-order chi connectivity index (χ1) is 36.0. The van der Waals surface area contributed by atoms with Crippen LogP contribution in [0, 0.1) is 6.92 Å². The van der Waals surface area contributed by atoms with Crippen LogP contribution in [0.2, 0.25) is 0 Å². The molecule has 12 atom stereocenters. The number of ether oxygens (including phenoxy) is 4. The van der Waals surface area contributed by atoms with Crippen LogP contribution in [0.4, 0.5) is 26.4 Å². The molecule has 0 saturated carbocycles. The monoisotopic (exact) mass is 1120 g/mol. The van der Waals surface area contributed by atoms with Crippen LogP contribution in [0.15, 0.2) is 73.3 Å². The molecule has 4 aromatic heterocycles. The van der Waals surface area contributed by atoms with Crippen molar-refractivity contribution >= 4 is 67.3 Å². The maximum absolute atomic E-state index is 15.9. The summed E-state index contributed by atoms with van der Waals surface area (Å²) in [5, 5.41) is 32.4. The molecule has 0 amide bonds. The van der Waals surface area contributed by atoms with Gasteiger partial charge in [0.2, 0.25) is 5.95 Å². The number of anilines is 3. The van der Waals surface area contributed by atoms with E-state index in [1.807, 2.05) is 0 Å². The van der Waals surface area contributed by atoms with Crippen LogP contribution in [-0.2, 0) is 46.7 Å². The molecule has 0 bridgehead atoms. The standard InChI is InChI=1S/C23H30FN6O7P.C22H29FN7O7P.CH4/c1-13(21(32)34-5)29-38(33,37-15-9-7-6-8-10-15)35-11-16-18(31)23(3,24)22(36-16)30-12-26-17-19(25-4)27-14(2)28-20(17)30;1-12(19(32)34-4)29-38(33,37-13-8-6-5-7-9-13)35-10-14-16(31)22(2,23)20(36-14)30-11-26-15-17(25-3)27-21(24)28-18(15)30;/h6-10,12-13,16,18,22,31H,11H2,1-5H3,(H,29,33)(H,25,27,28);5-9,11-12,14,16,20,31H,10H2,1-4H3,(H,29,33)(H3,24,25,27,28);1H4/t13-,16+,18+,22+,23+,38-;12-,14+,16+,20+,22+,38+;/m00./s1. The van der Waals surface area contributed by atoms with Gasteiger partial charge in [-0.15, -0.1) is 0 Å². The molecule has 2 aromatic carbocycles. The zero-order valence-corrected chi connectivity index (χ0v) is 44.3. The molecule has 8 N–H and O–H groups in total. The first kappa shape index (κ1) is 59.7. The highest BCUT2D eigenvalue weighted by Gasteiger charge is 2.57. The van der Waals surface area contributed by atoms with Crippen molar-refractivity contribution in [3.63, 3.8) is 0 Å². The smallest absolute Gasteiger partial charge is 0.459 e. The van der Waals surface area contributed by atoms with Gasteiger partial charge in [-0.05, 0) is 58.9 Å².